The topological polar surface area (TPSA) is 85.1 Å². The SMILES string of the molecule is Nc1cc(S(=O)(=O)NCc2nccs2)c(Br)cc1F. The van der Waals surface area contributed by atoms with Crippen LogP contribution in [0.1, 0.15) is 5.01 Å². The van der Waals surface area contributed by atoms with Gasteiger partial charge in [-0.25, -0.2) is 22.5 Å². The van der Waals surface area contributed by atoms with Crippen molar-refractivity contribution in [2.24, 2.45) is 0 Å². The van der Waals surface area contributed by atoms with Crippen LogP contribution in [0.5, 0.6) is 0 Å². The van der Waals surface area contributed by atoms with E-state index in [1.165, 1.54) is 11.3 Å². The van der Waals surface area contributed by atoms with Gasteiger partial charge in [0.2, 0.25) is 10.0 Å². The predicted octanol–water partition coefficient (Wildman–Crippen LogP) is 2.11. The maximum atomic E-state index is 13.2. The van der Waals surface area contributed by atoms with Crippen molar-refractivity contribution in [1.29, 1.82) is 0 Å². The van der Waals surface area contributed by atoms with Crippen molar-refractivity contribution in [2.45, 2.75) is 11.4 Å². The normalized spacial score (nSPS) is 11.7. The Hall–Kier alpha value is -1.03. The number of anilines is 1. The summed E-state index contributed by atoms with van der Waals surface area (Å²) in [4.78, 5) is 3.85. The van der Waals surface area contributed by atoms with Crippen molar-refractivity contribution in [3.8, 4) is 0 Å². The summed E-state index contributed by atoms with van der Waals surface area (Å²) in [5.74, 6) is -0.675. The summed E-state index contributed by atoms with van der Waals surface area (Å²) in [6.07, 6.45) is 1.58. The molecule has 9 heteroatoms. The Morgan fingerprint density at radius 3 is 2.84 bits per heavy atom. The first kappa shape index (κ1) is 14.4. The molecule has 0 aliphatic rings. The van der Waals surface area contributed by atoms with Gasteiger partial charge in [0.25, 0.3) is 0 Å². The summed E-state index contributed by atoms with van der Waals surface area (Å²) in [7, 11) is -3.78. The fourth-order valence-corrected chi connectivity index (χ4v) is 4.01. The molecule has 2 aromatic rings. The Kier molecular flexibility index (Phi) is 4.19. The number of sulfonamides is 1. The van der Waals surface area contributed by atoms with Gasteiger partial charge in [-0.05, 0) is 28.1 Å². The molecule has 0 bridgehead atoms. The summed E-state index contributed by atoms with van der Waals surface area (Å²) in [5, 5.41) is 2.38. The molecule has 0 saturated carbocycles. The summed E-state index contributed by atoms with van der Waals surface area (Å²) < 4.78 is 39.8. The van der Waals surface area contributed by atoms with Gasteiger partial charge < -0.3 is 5.73 Å². The van der Waals surface area contributed by atoms with E-state index in [0.717, 1.165) is 12.1 Å². The average Bonchev–Trinajstić information content (AvgIpc) is 2.84. The lowest BCUT2D eigenvalue weighted by molar-refractivity contribution is 0.579. The second-order valence-electron chi connectivity index (χ2n) is 3.55. The second kappa shape index (κ2) is 5.53. The van der Waals surface area contributed by atoms with E-state index in [1.807, 2.05) is 0 Å². The zero-order valence-corrected chi connectivity index (χ0v) is 12.6. The fourth-order valence-electron chi connectivity index (χ4n) is 1.33. The first-order chi connectivity index (χ1) is 8.90. The lowest BCUT2D eigenvalue weighted by atomic mass is 10.3. The van der Waals surface area contributed by atoms with Crippen LogP contribution < -0.4 is 10.5 Å². The smallest absolute Gasteiger partial charge is 0.242 e. The van der Waals surface area contributed by atoms with E-state index in [-0.39, 0.29) is 21.6 Å². The third kappa shape index (κ3) is 3.30. The molecule has 0 saturated heterocycles. The minimum atomic E-state index is -3.78. The summed E-state index contributed by atoms with van der Waals surface area (Å²) in [6, 6.07) is 2.09. The number of thiazole rings is 1. The van der Waals surface area contributed by atoms with Crippen molar-refractivity contribution in [3.63, 3.8) is 0 Å². The third-order valence-corrected chi connectivity index (χ3v) is 5.38. The highest BCUT2D eigenvalue weighted by atomic mass is 79.9. The molecule has 1 aromatic heterocycles. The minimum absolute atomic E-state index is 0.0731. The molecule has 102 valence electrons. The number of benzene rings is 1. The van der Waals surface area contributed by atoms with Gasteiger partial charge in [-0.15, -0.1) is 11.3 Å². The van der Waals surface area contributed by atoms with Gasteiger partial charge in [0, 0.05) is 16.0 Å². The van der Waals surface area contributed by atoms with Crippen molar-refractivity contribution in [2.75, 3.05) is 5.73 Å². The van der Waals surface area contributed by atoms with Gasteiger partial charge >= 0.3 is 0 Å². The van der Waals surface area contributed by atoms with Crippen LogP contribution in [0.3, 0.4) is 0 Å². The molecule has 0 amide bonds. The highest BCUT2D eigenvalue weighted by Gasteiger charge is 2.19. The van der Waals surface area contributed by atoms with Crippen LogP contribution in [-0.4, -0.2) is 13.4 Å². The molecule has 0 atom stereocenters. The first-order valence-electron chi connectivity index (χ1n) is 5.02. The zero-order chi connectivity index (χ0) is 14.0. The Labute approximate surface area is 121 Å². The maximum Gasteiger partial charge on any atom is 0.242 e. The Bertz CT molecular complexity index is 689. The van der Waals surface area contributed by atoms with Crippen molar-refractivity contribution >= 4 is 43.0 Å². The monoisotopic (exact) mass is 365 g/mol. The number of nitrogens with two attached hydrogens (primary N) is 1. The minimum Gasteiger partial charge on any atom is -0.396 e. The first-order valence-corrected chi connectivity index (χ1v) is 8.18. The predicted molar refractivity (Wildman–Crippen MR) is 74.7 cm³/mol. The van der Waals surface area contributed by atoms with Gasteiger partial charge in [-0.3, -0.25) is 0 Å². The number of halogens is 2. The number of aromatic nitrogens is 1. The van der Waals surface area contributed by atoms with E-state index in [9.17, 15) is 12.8 Å². The molecular formula is C10H9BrFN3O2S2. The van der Waals surface area contributed by atoms with Gasteiger partial charge in [0.1, 0.15) is 10.8 Å². The quantitative estimate of drug-likeness (QED) is 0.812. The van der Waals surface area contributed by atoms with E-state index in [0.29, 0.717) is 5.01 Å². The van der Waals surface area contributed by atoms with Crippen LogP contribution in [0.25, 0.3) is 0 Å². The van der Waals surface area contributed by atoms with Gasteiger partial charge in [0.05, 0.1) is 17.1 Å². The van der Waals surface area contributed by atoms with Crippen LogP contribution in [0.2, 0.25) is 0 Å². The van der Waals surface area contributed by atoms with Crippen LogP contribution in [-0.2, 0) is 16.6 Å². The number of hydrogen-bond donors (Lipinski definition) is 2. The number of rotatable bonds is 4. The molecule has 0 aliphatic carbocycles. The third-order valence-electron chi connectivity index (χ3n) is 2.24. The molecular weight excluding hydrogens is 357 g/mol. The van der Waals surface area contributed by atoms with Crippen LogP contribution in [0.15, 0.2) is 33.1 Å². The van der Waals surface area contributed by atoms with Crippen molar-refractivity contribution in [3.05, 3.63) is 39.0 Å². The van der Waals surface area contributed by atoms with E-state index in [4.69, 9.17) is 5.73 Å². The Balaban J connectivity index is 2.27. The summed E-state index contributed by atoms with van der Waals surface area (Å²) in [6.45, 7) is 0.0731. The van der Waals surface area contributed by atoms with Crippen molar-refractivity contribution in [1.82, 2.24) is 9.71 Å². The van der Waals surface area contributed by atoms with Crippen LogP contribution in [0, 0.1) is 5.82 Å². The fraction of sp³-hybridized carbons (Fsp3) is 0.100. The molecule has 0 radical (unpaired) electrons. The Morgan fingerprint density at radius 1 is 1.47 bits per heavy atom. The molecule has 1 aromatic carbocycles. The molecule has 1 heterocycles. The van der Waals surface area contributed by atoms with Crippen molar-refractivity contribution < 1.29 is 12.8 Å². The van der Waals surface area contributed by atoms with E-state index >= 15 is 0 Å². The molecule has 0 aliphatic heterocycles. The largest absolute Gasteiger partial charge is 0.396 e. The van der Waals surface area contributed by atoms with Gasteiger partial charge in [-0.2, -0.15) is 0 Å². The summed E-state index contributed by atoms with van der Waals surface area (Å²) >= 11 is 4.34. The van der Waals surface area contributed by atoms with Crippen LogP contribution in [0.4, 0.5) is 10.1 Å². The molecule has 0 spiro atoms. The highest BCUT2D eigenvalue weighted by Crippen LogP contribution is 2.26. The Morgan fingerprint density at radius 2 is 2.21 bits per heavy atom. The zero-order valence-electron chi connectivity index (χ0n) is 9.43. The number of nitrogens with zero attached hydrogens (tertiary/aromatic N) is 1. The molecule has 5 nitrogen and oxygen atoms in total. The van der Waals surface area contributed by atoms with Crippen LogP contribution >= 0.6 is 27.3 Å². The van der Waals surface area contributed by atoms with E-state index in [1.54, 1.807) is 11.6 Å². The number of nitrogens with one attached hydrogen (secondary N) is 1. The van der Waals surface area contributed by atoms with Gasteiger partial charge in [0.15, 0.2) is 0 Å². The van der Waals surface area contributed by atoms with Gasteiger partial charge in [-0.1, -0.05) is 0 Å². The molecule has 2 rings (SSSR count). The number of hydrogen-bond acceptors (Lipinski definition) is 5. The molecule has 3 N–H and O–H groups in total. The number of nitrogen functional groups attached to an aromatic ring is 1. The van der Waals surface area contributed by atoms with E-state index in [2.05, 4.69) is 25.6 Å². The molecule has 19 heavy (non-hydrogen) atoms. The standard InChI is InChI=1S/C10H9BrFN3O2S2/c11-6-3-7(12)8(13)4-9(6)19(16,17)15-5-10-14-1-2-18-10/h1-4,15H,5,13H2. The molecule has 0 fully saturated rings. The second-order valence-corrected chi connectivity index (χ2v) is 7.12. The maximum absolute atomic E-state index is 13.2. The lowest BCUT2D eigenvalue weighted by Gasteiger charge is -2.08. The lowest BCUT2D eigenvalue weighted by Crippen LogP contribution is -2.23. The highest BCUT2D eigenvalue weighted by molar-refractivity contribution is 9.10. The van der Waals surface area contributed by atoms with E-state index < -0.39 is 15.8 Å². The molecule has 0 unspecified atom stereocenters. The average molecular weight is 366 g/mol. The summed E-state index contributed by atoms with van der Waals surface area (Å²) in [5.41, 5.74) is 5.15.